The summed E-state index contributed by atoms with van der Waals surface area (Å²) in [6, 6.07) is 6.23. The normalized spacial score (nSPS) is 14.4. The number of carbonyl (C=O) groups is 1. The molecule has 0 spiro atoms. The Bertz CT molecular complexity index is 595. The number of aromatic nitrogens is 2. The quantitative estimate of drug-likeness (QED) is 0.931. The predicted octanol–water partition coefficient (Wildman–Crippen LogP) is 3.18. The zero-order valence-electron chi connectivity index (χ0n) is 9.80. The highest BCUT2D eigenvalue weighted by Crippen LogP contribution is 2.39. The second-order valence-corrected chi connectivity index (χ2v) is 4.90. The summed E-state index contributed by atoms with van der Waals surface area (Å²) in [7, 11) is 0. The van der Waals surface area contributed by atoms with Crippen molar-refractivity contribution >= 4 is 24.1 Å². The molecule has 2 aromatic rings. The van der Waals surface area contributed by atoms with Gasteiger partial charge in [0.05, 0.1) is 12.1 Å². The van der Waals surface area contributed by atoms with Gasteiger partial charge in [0.2, 0.25) is 5.89 Å². The molecule has 0 radical (unpaired) electrons. The van der Waals surface area contributed by atoms with Gasteiger partial charge in [0.1, 0.15) is 0 Å². The average molecular weight is 279 g/mol. The lowest BCUT2D eigenvalue weighted by molar-refractivity contribution is 0.102. The highest BCUT2D eigenvalue weighted by atomic mass is 32.2. The lowest BCUT2D eigenvalue weighted by atomic mass is 10.2. The highest BCUT2D eigenvalue weighted by molar-refractivity contribution is 7.94. The van der Waals surface area contributed by atoms with Gasteiger partial charge < -0.3 is 4.42 Å². The van der Waals surface area contributed by atoms with Crippen LogP contribution in [-0.2, 0) is 0 Å². The molecule has 5 nitrogen and oxygen atoms in total. The number of carbonyl (C=O) groups excluding carboxylic acids is 1. The Morgan fingerprint density at radius 1 is 1.32 bits per heavy atom. The van der Waals surface area contributed by atoms with Gasteiger partial charge in [-0.15, -0.1) is 5.10 Å². The molecule has 1 amide bonds. The molecule has 7 heteroatoms. The van der Waals surface area contributed by atoms with E-state index in [0.29, 0.717) is 22.3 Å². The zero-order chi connectivity index (χ0) is 13.2. The predicted molar refractivity (Wildman–Crippen MR) is 67.6 cm³/mol. The number of amides is 1. The van der Waals surface area contributed by atoms with Crippen molar-refractivity contribution in [2.24, 2.45) is 0 Å². The Hall–Kier alpha value is -1.89. The Morgan fingerprint density at radius 3 is 2.68 bits per heavy atom. The van der Waals surface area contributed by atoms with Gasteiger partial charge in [-0.05, 0) is 37.1 Å². The molecular formula is C12H10FN3O2S. The first kappa shape index (κ1) is 12.2. The van der Waals surface area contributed by atoms with Crippen LogP contribution in [-0.4, -0.2) is 16.1 Å². The summed E-state index contributed by atoms with van der Waals surface area (Å²) < 4.78 is 17.6. The van der Waals surface area contributed by atoms with Crippen LogP contribution >= 0.6 is 12.1 Å². The molecule has 1 fully saturated rings. The molecule has 0 atom stereocenters. The van der Waals surface area contributed by atoms with Crippen molar-refractivity contribution < 1.29 is 13.1 Å². The average Bonchev–Trinajstić information content (AvgIpc) is 3.20. The van der Waals surface area contributed by atoms with Gasteiger partial charge in [0.15, 0.2) is 0 Å². The molecular weight excluding hydrogens is 269 g/mol. The van der Waals surface area contributed by atoms with E-state index in [-0.39, 0.29) is 24.1 Å². The lowest BCUT2D eigenvalue weighted by Crippen LogP contribution is -2.11. The molecule has 1 heterocycles. The topological polar surface area (TPSA) is 68.0 Å². The summed E-state index contributed by atoms with van der Waals surface area (Å²) in [6.07, 6.45) is 2.11. The number of nitrogens with one attached hydrogen (secondary N) is 1. The molecule has 0 bridgehead atoms. The second-order valence-electron chi connectivity index (χ2n) is 4.28. The van der Waals surface area contributed by atoms with E-state index in [1.54, 1.807) is 0 Å². The number of hydrogen-bond donors (Lipinski definition) is 1. The molecule has 0 unspecified atom stereocenters. The van der Waals surface area contributed by atoms with E-state index in [9.17, 15) is 8.68 Å². The van der Waals surface area contributed by atoms with Crippen LogP contribution in [0.15, 0.2) is 33.6 Å². The third-order valence-corrected chi connectivity index (χ3v) is 3.24. The van der Waals surface area contributed by atoms with Crippen LogP contribution in [0.1, 0.15) is 35.0 Å². The van der Waals surface area contributed by atoms with Crippen LogP contribution in [0.5, 0.6) is 0 Å². The first-order chi connectivity index (χ1) is 9.26. The van der Waals surface area contributed by atoms with E-state index in [4.69, 9.17) is 4.42 Å². The summed E-state index contributed by atoms with van der Waals surface area (Å²) >= 11 is 0.134. The molecule has 1 N–H and O–H groups in total. The van der Waals surface area contributed by atoms with Gasteiger partial charge in [-0.3, -0.25) is 10.1 Å². The molecule has 1 aliphatic rings. The molecule has 1 aromatic carbocycles. The SMILES string of the molecule is O=C(Nc1nnc(C2CC2)o1)c1ccc(SF)cc1. The number of halogens is 1. The van der Waals surface area contributed by atoms with Crippen LogP contribution in [0.2, 0.25) is 0 Å². The van der Waals surface area contributed by atoms with Crippen molar-refractivity contribution in [3.63, 3.8) is 0 Å². The molecule has 19 heavy (non-hydrogen) atoms. The van der Waals surface area contributed by atoms with Crippen LogP contribution in [0, 0.1) is 0 Å². The maximum absolute atomic E-state index is 12.3. The van der Waals surface area contributed by atoms with E-state index < -0.39 is 0 Å². The van der Waals surface area contributed by atoms with Gasteiger partial charge in [-0.25, -0.2) is 0 Å². The van der Waals surface area contributed by atoms with Crippen molar-refractivity contribution in [2.75, 3.05) is 5.32 Å². The first-order valence-electron chi connectivity index (χ1n) is 5.79. The summed E-state index contributed by atoms with van der Waals surface area (Å²) in [6.45, 7) is 0. The third-order valence-electron chi connectivity index (χ3n) is 2.79. The maximum atomic E-state index is 12.3. The largest absolute Gasteiger partial charge is 0.408 e. The minimum Gasteiger partial charge on any atom is -0.408 e. The van der Waals surface area contributed by atoms with E-state index in [1.165, 1.54) is 24.3 Å². The van der Waals surface area contributed by atoms with E-state index in [2.05, 4.69) is 15.5 Å². The Kier molecular flexibility index (Phi) is 3.20. The van der Waals surface area contributed by atoms with E-state index >= 15 is 0 Å². The minimum absolute atomic E-state index is 0.0934. The molecule has 1 saturated carbocycles. The van der Waals surface area contributed by atoms with Gasteiger partial charge in [0.25, 0.3) is 5.91 Å². The molecule has 1 aliphatic carbocycles. The number of anilines is 1. The summed E-state index contributed by atoms with van der Waals surface area (Å²) in [5.41, 5.74) is 0.406. The van der Waals surface area contributed by atoms with Crippen molar-refractivity contribution in [1.82, 2.24) is 10.2 Å². The highest BCUT2D eigenvalue weighted by Gasteiger charge is 2.29. The summed E-state index contributed by atoms with van der Waals surface area (Å²) in [4.78, 5) is 12.3. The summed E-state index contributed by atoms with van der Waals surface area (Å²) in [5, 5.41) is 10.2. The fourth-order valence-electron chi connectivity index (χ4n) is 1.61. The van der Waals surface area contributed by atoms with Crippen molar-refractivity contribution in [3.8, 4) is 0 Å². The van der Waals surface area contributed by atoms with Gasteiger partial charge in [-0.1, -0.05) is 5.10 Å². The van der Waals surface area contributed by atoms with Gasteiger partial charge >= 0.3 is 6.01 Å². The number of benzene rings is 1. The fraction of sp³-hybridized carbons (Fsp3) is 0.250. The monoisotopic (exact) mass is 279 g/mol. The van der Waals surface area contributed by atoms with Crippen molar-refractivity contribution in [2.45, 2.75) is 23.7 Å². The van der Waals surface area contributed by atoms with E-state index in [0.717, 1.165) is 12.8 Å². The fourth-order valence-corrected chi connectivity index (χ4v) is 1.85. The number of nitrogens with zero attached hydrogens (tertiary/aromatic N) is 2. The van der Waals surface area contributed by atoms with Gasteiger partial charge in [0, 0.05) is 16.4 Å². The molecule has 3 rings (SSSR count). The third kappa shape index (κ3) is 2.76. The van der Waals surface area contributed by atoms with Gasteiger partial charge in [-0.2, -0.15) is 3.89 Å². The molecule has 0 saturated heterocycles. The smallest absolute Gasteiger partial charge is 0.322 e. The standard InChI is InChI=1S/C12H10FN3O2S/c13-19-9-5-3-7(4-6-9)10(17)14-12-16-15-11(18-12)8-1-2-8/h3-6,8H,1-2H2,(H,14,16,17). The zero-order valence-corrected chi connectivity index (χ0v) is 10.6. The number of hydrogen-bond acceptors (Lipinski definition) is 5. The first-order valence-corrected chi connectivity index (χ1v) is 6.51. The van der Waals surface area contributed by atoms with E-state index in [1.807, 2.05) is 0 Å². The second kappa shape index (κ2) is 5.00. The van der Waals surface area contributed by atoms with Crippen molar-refractivity contribution in [1.29, 1.82) is 0 Å². The Balaban J connectivity index is 1.68. The maximum Gasteiger partial charge on any atom is 0.322 e. The molecule has 1 aromatic heterocycles. The number of rotatable bonds is 4. The molecule has 98 valence electrons. The van der Waals surface area contributed by atoms with Crippen LogP contribution in [0.4, 0.5) is 9.90 Å². The Labute approximate surface area is 112 Å². The minimum atomic E-state index is -0.360. The van der Waals surface area contributed by atoms with Crippen LogP contribution in [0.25, 0.3) is 0 Å². The molecule has 0 aliphatic heterocycles. The lowest BCUT2D eigenvalue weighted by Gasteiger charge is -2.00. The van der Waals surface area contributed by atoms with Crippen LogP contribution < -0.4 is 5.32 Å². The van der Waals surface area contributed by atoms with Crippen molar-refractivity contribution in [3.05, 3.63) is 35.7 Å². The Morgan fingerprint density at radius 2 is 2.05 bits per heavy atom. The van der Waals surface area contributed by atoms with Crippen LogP contribution in [0.3, 0.4) is 0 Å². The summed E-state index contributed by atoms with van der Waals surface area (Å²) in [5.74, 6) is 0.555.